The Hall–Kier alpha value is -1.56. The summed E-state index contributed by atoms with van der Waals surface area (Å²) in [6, 6.07) is 3.92. The number of carbonyl (C=O) groups is 1. The number of hydrogen-bond acceptors (Lipinski definition) is 4. The predicted molar refractivity (Wildman–Crippen MR) is 69.3 cm³/mol. The smallest absolute Gasteiger partial charge is 0.339 e. The fraction of sp³-hybridized carbons (Fsp3) is 0.462. The molecule has 6 heteroatoms. The van der Waals surface area contributed by atoms with Gasteiger partial charge in [0, 0.05) is 11.7 Å². The lowest BCUT2D eigenvalue weighted by Gasteiger charge is -2.13. The molecule has 0 atom stereocenters. The van der Waals surface area contributed by atoms with E-state index in [-0.39, 0.29) is 21.6 Å². The molecule has 1 N–H and O–H groups in total. The highest BCUT2D eigenvalue weighted by Crippen LogP contribution is 2.45. The van der Waals surface area contributed by atoms with Crippen LogP contribution in [-0.2, 0) is 9.84 Å². The highest BCUT2D eigenvalue weighted by molar-refractivity contribution is 7.90. The highest BCUT2D eigenvalue weighted by atomic mass is 32.2. The molecule has 104 valence electrons. The maximum atomic E-state index is 11.4. The van der Waals surface area contributed by atoms with Gasteiger partial charge >= 0.3 is 5.97 Å². The molecule has 0 unspecified atom stereocenters. The molecule has 0 spiro atoms. The molecule has 1 aliphatic carbocycles. The fourth-order valence-electron chi connectivity index (χ4n) is 1.64. The van der Waals surface area contributed by atoms with Crippen molar-refractivity contribution in [1.82, 2.24) is 0 Å². The summed E-state index contributed by atoms with van der Waals surface area (Å²) in [5, 5.41) is 9.13. The quantitative estimate of drug-likeness (QED) is 0.894. The minimum atomic E-state index is -3.43. The van der Waals surface area contributed by atoms with Crippen LogP contribution in [0.5, 0.6) is 5.75 Å². The lowest BCUT2D eigenvalue weighted by atomic mass is 10.1. The molecular formula is C13H16O5S. The number of aromatic carboxylic acids is 1. The Kier molecular flexibility index (Phi) is 3.30. The second-order valence-electron chi connectivity index (χ2n) is 5.33. The molecule has 1 aromatic carbocycles. The fourth-order valence-corrected chi connectivity index (χ4v) is 2.29. The average Bonchev–Trinajstić information content (AvgIpc) is 3.04. The summed E-state index contributed by atoms with van der Waals surface area (Å²) < 4.78 is 28.3. The zero-order valence-electron chi connectivity index (χ0n) is 10.8. The molecule has 0 saturated heterocycles. The van der Waals surface area contributed by atoms with Crippen LogP contribution in [0.4, 0.5) is 0 Å². The molecule has 0 bridgehead atoms. The first kappa shape index (κ1) is 13.9. The molecule has 1 saturated carbocycles. The topological polar surface area (TPSA) is 80.7 Å². The van der Waals surface area contributed by atoms with Gasteiger partial charge in [0.2, 0.25) is 0 Å². The standard InChI is InChI=1S/C13H16O5S/c1-13(5-6-13)8-18-11-4-3-9(19(2,16)17)7-10(11)12(14)15/h3-4,7H,5-6,8H2,1-2H3,(H,14,15). The van der Waals surface area contributed by atoms with Crippen LogP contribution in [0.3, 0.4) is 0 Å². The maximum Gasteiger partial charge on any atom is 0.339 e. The van der Waals surface area contributed by atoms with Crippen LogP contribution in [-0.4, -0.2) is 32.4 Å². The van der Waals surface area contributed by atoms with Crippen LogP contribution in [0.25, 0.3) is 0 Å². The van der Waals surface area contributed by atoms with E-state index in [2.05, 4.69) is 6.92 Å². The summed E-state index contributed by atoms with van der Waals surface area (Å²) in [6.45, 7) is 2.52. The van der Waals surface area contributed by atoms with E-state index in [9.17, 15) is 13.2 Å². The minimum absolute atomic E-state index is 0.0186. The molecule has 2 rings (SSSR count). The Morgan fingerprint density at radius 1 is 1.42 bits per heavy atom. The molecule has 0 radical (unpaired) electrons. The van der Waals surface area contributed by atoms with Crippen molar-refractivity contribution in [3.8, 4) is 5.75 Å². The zero-order valence-corrected chi connectivity index (χ0v) is 11.7. The van der Waals surface area contributed by atoms with Gasteiger partial charge in [-0.3, -0.25) is 0 Å². The Morgan fingerprint density at radius 2 is 2.05 bits per heavy atom. The number of rotatable bonds is 5. The van der Waals surface area contributed by atoms with Crippen molar-refractivity contribution in [2.24, 2.45) is 5.41 Å². The Balaban J connectivity index is 2.30. The Labute approximate surface area is 112 Å². The lowest BCUT2D eigenvalue weighted by Crippen LogP contribution is -2.12. The van der Waals surface area contributed by atoms with Crippen LogP contribution in [0.2, 0.25) is 0 Å². The van der Waals surface area contributed by atoms with E-state index < -0.39 is 15.8 Å². The zero-order chi connectivity index (χ0) is 14.3. The molecule has 0 aromatic heterocycles. The first-order valence-corrected chi connectivity index (χ1v) is 7.81. The third kappa shape index (κ3) is 3.26. The largest absolute Gasteiger partial charge is 0.492 e. The molecule has 19 heavy (non-hydrogen) atoms. The van der Waals surface area contributed by atoms with E-state index in [1.54, 1.807) is 0 Å². The van der Waals surface area contributed by atoms with E-state index in [1.165, 1.54) is 12.1 Å². The SMILES string of the molecule is CC1(COc2ccc(S(C)(=O)=O)cc2C(=O)O)CC1. The van der Waals surface area contributed by atoms with Crippen LogP contribution < -0.4 is 4.74 Å². The molecule has 0 heterocycles. The Morgan fingerprint density at radius 3 is 2.53 bits per heavy atom. The van der Waals surface area contributed by atoms with Gasteiger partial charge in [-0.05, 0) is 31.0 Å². The van der Waals surface area contributed by atoms with Gasteiger partial charge < -0.3 is 9.84 Å². The lowest BCUT2D eigenvalue weighted by molar-refractivity contribution is 0.0690. The van der Waals surface area contributed by atoms with Gasteiger partial charge in [-0.1, -0.05) is 6.92 Å². The van der Waals surface area contributed by atoms with Crippen molar-refractivity contribution >= 4 is 15.8 Å². The third-order valence-electron chi connectivity index (χ3n) is 3.29. The predicted octanol–water partition coefficient (Wildman–Crippen LogP) is 1.97. The van der Waals surface area contributed by atoms with Gasteiger partial charge in [0.1, 0.15) is 11.3 Å². The van der Waals surface area contributed by atoms with Gasteiger partial charge in [0.15, 0.2) is 9.84 Å². The molecule has 1 fully saturated rings. The van der Waals surface area contributed by atoms with E-state index in [0.29, 0.717) is 6.61 Å². The number of hydrogen-bond donors (Lipinski definition) is 1. The van der Waals surface area contributed by atoms with Crippen LogP contribution in [0.1, 0.15) is 30.1 Å². The molecule has 1 aromatic rings. The van der Waals surface area contributed by atoms with Gasteiger partial charge in [-0.15, -0.1) is 0 Å². The van der Waals surface area contributed by atoms with E-state index in [4.69, 9.17) is 9.84 Å². The summed E-state index contributed by atoms with van der Waals surface area (Å²) in [4.78, 5) is 11.1. The molecule has 0 aliphatic heterocycles. The van der Waals surface area contributed by atoms with E-state index >= 15 is 0 Å². The number of carboxylic acid groups (broad SMARTS) is 1. The summed E-state index contributed by atoms with van der Waals surface area (Å²) >= 11 is 0. The first-order valence-electron chi connectivity index (χ1n) is 5.91. The third-order valence-corrected chi connectivity index (χ3v) is 4.40. The molecule has 5 nitrogen and oxygen atoms in total. The summed E-state index contributed by atoms with van der Waals surface area (Å²) in [5.41, 5.74) is 0.0119. The Bertz CT molecular complexity index is 614. The van der Waals surface area contributed by atoms with Crippen molar-refractivity contribution in [2.45, 2.75) is 24.7 Å². The minimum Gasteiger partial charge on any atom is -0.492 e. The number of benzene rings is 1. The molecule has 1 aliphatic rings. The first-order chi connectivity index (χ1) is 8.71. The number of ether oxygens (including phenoxy) is 1. The van der Waals surface area contributed by atoms with Crippen molar-refractivity contribution in [1.29, 1.82) is 0 Å². The average molecular weight is 284 g/mol. The molecular weight excluding hydrogens is 268 g/mol. The summed E-state index contributed by atoms with van der Waals surface area (Å²) in [5.74, 6) is -0.977. The maximum absolute atomic E-state index is 11.4. The van der Waals surface area contributed by atoms with Crippen LogP contribution in [0, 0.1) is 5.41 Å². The van der Waals surface area contributed by atoms with Gasteiger partial charge in [0.25, 0.3) is 0 Å². The summed E-state index contributed by atoms with van der Waals surface area (Å²) in [7, 11) is -3.43. The van der Waals surface area contributed by atoms with Gasteiger partial charge in [0.05, 0.1) is 11.5 Å². The van der Waals surface area contributed by atoms with Crippen molar-refractivity contribution in [2.75, 3.05) is 12.9 Å². The van der Waals surface area contributed by atoms with Crippen LogP contribution in [0.15, 0.2) is 23.1 Å². The highest BCUT2D eigenvalue weighted by Gasteiger charge is 2.38. The van der Waals surface area contributed by atoms with Crippen molar-refractivity contribution in [3.63, 3.8) is 0 Å². The van der Waals surface area contributed by atoms with Crippen molar-refractivity contribution in [3.05, 3.63) is 23.8 Å². The normalized spacial score (nSPS) is 16.9. The number of sulfone groups is 1. The van der Waals surface area contributed by atoms with E-state index in [1.807, 2.05) is 0 Å². The second kappa shape index (κ2) is 4.52. The van der Waals surface area contributed by atoms with E-state index in [0.717, 1.165) is 25.2 Å². The number of carboxylic acids is 1. The monoisotopic (exact) mass is 284 g/mol. The van der Waals surface area contributed by atoms with Crippen LogP contribution >= 0.6 is 0 Å². The molecule has 0 amide bonds. The summed E-state index contributed by atoms with van der Waals surface area (Å²) in [6.07, 6.45) is 3.17. The second-order valence-corrected chi connectivity index (χ2v) is 7.35. The van der Waals surface area contributed by atoms with Crippen molar-refractivity contribution < 1.29 is 23.1 Å². The van der Waals surface area contributed by atoms with Gasteiger partial charge in [-0.25, -0.2) is 13.2 Å². The van der Waals surface area contributed by atoms with Gasteiger partial charge in [-0.2, -0.15) is 0 Å².